The number of para-hydroxylation sites is 1. The van der Waals surface area contributed by atoms with E-state index in [4.69, 9.17) is 17.3 Å². The number of nitrogens with two attached hydrogens (primary N) is 1. The van der Waals surface area contributed by atoms with Crippen LogP contribution in [0, 0.1) is 0 Å². The van der Waals surface area contributed by atoms with Gasteiger partial charge < -0.3 is 11.1 Å². The molecule has 0 aliphatic heterocycles. The topological polar surface area (TPSA) is 55.1 Å². The third-order valence-corrected chi connectivity index (χ3v) is 2.93. The van der Waals surface area contributed by atoms with Gasteiger partial charge in [0.05, 0.1) is 16.3 Å². The molecule has 3 nitrogen and oxygen atoms in total. The number of anilines is 1. The summed E-state index contributed by atoms with van der Waals surface area (Å²) in [6.07, 6.45) is -10.0. The van der Waals surface area contributed by atoms with Crippen LogP contribution in [0.1, 0.15) is 12.5 Å². The number of hydrogen-bond donors (Lipinski definition) is 2. The molecule has 0 fully saturated rings. The summed E-state index contributed by atoms with van der Waals surface area (Å²) < 4.78 is 76.0. The lowest BCUT2D eigenvalue weighted by Gasteiger charge is -2.27. The van der Waals surface area contributed by atoms with Crippen LogP contribution >= 0.6 is 11.6 Å². The van der Waals surface area contributed by atoms with Gasteiger partial charge >= 0.3 is 12.4 Å². The van der Waals surface area contributed by atoms with E-state index in [9.17, 15) is 31.1 Å². The lowest BCUT2D eigenvalue weighted by atomic mass is 10.0. The van der Waals surface area contributed by atoms with Gasteiger partial charge in [-0.3, -0.25) is 4.79 Å². The van der Waals surface area contributed by atoms with Gasteiger partial charge in [0.25, 0.3) is 5.91 Å². The molecule has 0 saturated carbocycles. The van der Waals surface area contributed by atoms with E-state index >= 15 is 0 Å². The van der Waals surface area contributed by atoms with Crippen LogP contribution in [0.5, 0.6) is 0 Å². The first-order chi connectivity index (χ1) is 9.28. The fourth-order valence-electron chi connectivity index (χ4n) is 1.26. The Bertz CT molecular complexity index is 553. The van der Waals surface area contributed by atoms with Crippen LogP contribution in [-0.2, 0) is 11.0 Å². The third-order valence-electron chi connectivity index (χ3n) is 2.62. The second kappa shape index (κ2) is 5.38. The fraction of sp³-hybridized carbons (Fsp3) is 0.364. The largest absolute Gasteiger partial charge is 0.418 e. The van der Waals surface area contributed by atoms with Gasteiger partial charge in [0.2, 0.25) is 0 Å². The average molecular weight is 335 g/mol. The highest BCUT2D eigenvalue weighted by atomic mass is 35.5. The van der Waals surface area contributed by atoms with Crippen LogP contribution in [0.15, 0.2) is 18.2 Å². The van der Waals surface area contributed by atoms with E-state index in [2.05, 4.69) is 0 Å². The van der Waals surface area contributed by atoms with Crippen molar-refractivity contribution in [3.05, 3.63) is 28.8 Å². The Labute approximate surface area is 120 Å². The molecular weight excluding hydrogens is 326 g/mol. The van der Waals surface area contributed by atoms with E-state index in [1.54, 1.807) is 0 Å². The van der Waals surface area contributed by atoms with Crippen molar-refractivity contribution >= 4 is 23.2 Å². The molecule has 1 aromatic rings. The van der Waals surface area contributed by atoms with Crippen molar-refractivity contribution in [2.75, 3.05) is 5.32 Å². The van der Waals surface area contributed by atoms with Crippen LogP contribution < -0.4 is 11.1 Å². The minimum absolute atomic E-state index is 0.340. The monoisotopic (exact) mass is 334 g/mol. The standard InChI is InChI=1S/C11H9ClF6N2O/c1-9(19,11(16,17)18)8(21)20-7-5(10(13,14)15)3-2-4-6(7)12/h2-4H,19H2,1H3,(H,20,21). The summed E-state index contributed by atoms with van der Waals surface area (Å²) in [5.41, 5.74) is -0.881. The molecule has 1 rings (SSSR count). The van der Waals surface area contributed by atoms with Gasteiger partial charge in [0, 0.05) is 0 Å². The number of hydrogen-bond acceptors (Lipinski definition) is 2. The first kappa shape index (κ1) is 17.6. The molecule has 0 aromatic heterocycles. The summed E-state index contributed by atoms with van der Waals surface area (Å²) in [5.74, 6) is -1.85. The van der Waals surface area contributed by atoms with Gasteiger partial charge in [-0.1, -0.05) is 17.7 Å². The van der Waals surface area contributed by atoms with Crippen molar-refractivity contribution in [3.63, 3.8) is 0 Å². The van der Waals surface area contributed by atoms with E-state index < -0.39 is 40.1 Å². The molecule has 1 unspecified atom stereocenters. The summed E-state index contributed by atoms with van der Waals surface area (Å²) in [6.45, 7) is 0.340. The smallest absolute Gasteiger partial charge is 0.322 e. The van der Waals surface area contributed by atoms with Crippen LogP contribution in [0.25, 0.3) is 0 Å². The van der Waals surface area contributed by atoms with Gasteiger partial charge in [-0.05, 0) is 19.1 Å². The lowest BCUT2D eigenvalue weighted by Crippen LogP contribution is -2.59. The molecule has 0 saturated heterocycles. The maximum absolute atomic E-state index is 12.7. The van der Waals surface area contributed by atoms with E-state index in [-0.39, 0.29) is 0 Å². The van der Waals surface area contributed by atoms with Gasteiger partial charge in [-0.25, -0.2) is 0 Å². The third kappa shape index (κ3) is 3.59. The number of nitrogens with one attached hydrogen (secondary N) is 1. The molecule has 0 radical (unpaired) electrons. The average Bonchev–Trinajstić information content (AvgIpc) is 2.28. The Kier molecular flexibility index (Phi) is 4.50. The Hall–Kier alpha value is -1.48. The van der Waals surface area contributed by atoms with Crippen molar-refractivity contribution in [1.29, 1.82) is 0 Å². The normalized spacial score (nSPS) is 15.5. The molecule has 118 valence electrons. The van der Waals surface area contributed by atoms with E-state index in [0.29, 0.717) is 13.0 Å². The second-order valence-electron chi connectivity index (χ2n) is 4.31. The zero-order valence-corrected chi connectivity index (χ0v) is 11.1. The molecule has 3 N–H and O–H groups in total. The number of alkyl halides is 6. The number of amides is 1. The highest BCUT2D eigenvalue weighted by Crippen LogP contribution is 2.39. The van der Waals surface area contributed by atoms with E-state index in [1.165, 1.54) is 5.32 Å². The SMILES string of the molecule is CC(N)(C(=O)Nc1c(Cl)cccc1C(F)(F)F)C(F)(F)F. The van der Waals surface area contributed by atoms with Crippen molar-refractivity contribution in [2.45, 2.75) is 24.8 Å². The van der Waals surface area contributed by atoms with E-state index in [1.807, 2.05) is 0 Å². The predicted molar refractivity (Wildman–Crippen MR) is 63.7 cm³/mol. The van der Waals surface area contributed by atoms with Crippen LogP contribution in [0.4, 0.5) is 32.0 Å². The van der Waals surface area contributed by atoms with Crippen molar-refractivity contribution in [3.8, 4) is 0 Å². The first-order valence-corrected chi connectivity index (χ1v) is 5.69. The summed E-state index contributed by atoms with van der Waals surface area (Å²) in [6, 6.07) is 2.52. The van der Waals surface area contributed by atoms with Gasteiger partial charge in [0.1, 0.15) is 0 Å². The molecule has 1 amide bonds. The molecule has 10 heteroatoms. The summed E-state index contributed by atoms with van der Waals surface area (Å²) in [7, 11) is 0. The number of carbonyl (C=O) groups excluding carboxylic acids is 1. The molecule has 0 spiro atoms. The Balaban J connectivity index is 3.24. The van der Waals surface area contributed by atoms with Crippen LogP contribution in [0.3, 0.4) is 0 Å². The maximum Gasteiger partial charge on any atom is 0.418 e. The van der Waals surface area contributed by atoms with Gasteiger partial charge in [0.15, 0.2) is 5.54 Å². The van der Waals surface area contributed by atoms with Gasteiger partial charge in [-0.2, -0.15) is 26.3 Å². The quantitative estimate of drug-likeness (QED) is 0.812. The molecule has 0 aliphatic carbocycles. The maximum atomic E-state index is 12.7. The zero-order chi connectivity index (χ0) is 16.6. The Morgan fingerprint density at radius 1 is 1.19 bits per heavy atom. The second-order valence-corrected chi connectivity index (χ2v) is 4.72. The molecule has 1 aromatic carbocycles. The minimum Gasteiger partial charge on any atom is -0.322 e. The Morgan fingerprint density at radius 3 is 2.14 bits per heavy atom. The van der Waals surface area contributed by atoms with Crippen LogP contribution in [-0.4, -0.2) is 17.6 Å². The predicted octanol–water partition coefficient (Wildman–Crippen LogP) is 3.58. The number of carbonyl (C=O) groups is 1. The lowest BCUT2D eigenvalue weighted by molar-refractivity contribution is -0.184. The molecule has 21 heavy (non-hydrogen) atoms. The van der Waals surface area contributed by atoms with Crippen LogP contribution in [0.2, 0.25) is 5.02 Å². The van der Waals surface area contributed by atoms with Crippen molar-refractivity contribution in [1.82, 2.24) is 0 Å². The summed E-state index contributed by atoms with van der Waals surface area (Å²) >= 11 is 5.51. The van der Waals surface area contributed by atoms with Crippen molar-refractivity contribution in [2.24, 2.45) is 5.73 Å². The number of benzene rings is 1. The first-order valence-electron chi connectivity index (χ1n) is 5.31. The highest BCUT2D eigenvalue weighted by Gasteiger charge is 2.54. The minimum atomic E-state index is -5.14. The molecule has 0 heterocycles. The summed E-state index contributed by atoms with van der Waals surface area (Å²) in [4.78, 5) is 11.5. The molecule has 0 aliphatic rings. The molecular formula is C11H9ClF6N2O. The van der Waals surface area contributed by atoms with Gasteiger partial charge in [-0.15, -0.1) is 0 Å². The Morgan fingerprint density at radius 2 is 1.71 bits per heavy atom. The fourth-order valence-corrected chi connectivity index (χ4v) is 1.48. The van der Waals surface area contributed by atoms with Crippen molar-refractivity contribution < 1.29 is 31.1 Å². The zero-order valence-electron chi connectivity index (χ0n) is 10.4. The van der Waals surface area contributed by atoms with E-state index in [0.717, 1.165) is 12.1 Å². The summed E-state index contributed by atoms with van der Waals surface area (Å²) in [5, 5.41) is 0.937. The number of rotatable bonds is 2. The number of halogens is 7. The highest BCUT2D eigenvalue weighted by molar-refractivity contribution is 6.34. The molecule has 1 atom stereocenters. The molecule has 0 bridgehead atoms.